The van der Waals surface area contributed by atoms with Crippen LogP contribution in [0.25, 0.3) is 10.2 Å². The SMILES string of the molecule is CC1CCCN(S(=O)(=O)c2ccc(C(=O)N(Cc3ccccn3)c3nc4ccc(Cl)cc4s3)cc2)C1. The third kappa shape index (κ3) is 5.15. The molecule has 1 atom stereocenters. The number of benzene rings is 2. The van der Waals surface area contributed by atoms with Gasteiger partial charge in [-0.1, -0.05) is 35.9 Å². The summed E-state index contributed by atoms with van der Waals surface area (Å²) in [6.07, 6.45) is 3.56. The maximum absolute atomic E-state index is 13.7. The molecule has 2 aromatic heterocycles. The molecule has 0 bridgehead atoms. The van der Waals surface area contributed by atoms with Gasteiger partial charge in [0.15, 0.2) is 5.13 Å². The number of pyridine rings is 1. The van der Waals surface area contributed by atoms with Crippen LogP contribution < -0.4 is 4.90 Å². The number of carbonyl (C=O) groups excluding carboxylic acids is 1. The van der Waals surface area contributed by atoms with E-state index in [2.05, 4.69) is 16.9 Å². The summed E-state index contributed by atoms with van der Waals surface area (Å²) in [5.74, 6) is 0.0413. The second-order valence-corrected chi connectivity index (χ2v) is 12.3. The van der Waals surface area contributed by atoms with Crippen LogP contribution in [0.5, 0.6) is 0 Å². The van der Waals surface area contributed by atoms with Crippen LogP contribution in [-0.2, 0) is 16.6 Å². The van der Waals surface area contributed by atoms with E-state index in [-0.39, 0.29) is 17.3 Å². The molecule has 36 heavy (non-hydrogen) atoms. The fourth-order valence-electron chi connectivity index (χ4n) is 4.32. The van der Waals surface area contributed by atoms with Gasteiger partial charge in [-0.05, 0) is 73.4 Å². The maximum Gasteiger partial charge on any atom is 0.260 e. The highest BCUT2D eigenvalue weighted by atomic mass is 35.5. The van der Waals surface area contributed by atoms with E-state index in [1.807, 2.05) is 30.3 Å². The molecule has 0 radical (unpaired) electrons. The van der Waals surface area contributed by atoms with Crippen molar-refractivity contribution in [2.45, 2.75) is 31.2 Å². The van der Waals surface area contributed by atoms with Crippen molar-refractivity contribution in [3.63, 3.8) is 0 Å². The first-order valence-corrected chi connectivity index (χ1v) is 14.3. The van der Waals surface area contributed by atoms with E-state index in [1.54, 1.807) is 29.3 Å². The number of nitrogens with zero attached hydrogens (tertiary/aromatic N) is 4. The maximum atomic E-state index is 13.7. The van der Waals surface area contributed by atoms with Gasteiger partial charge in [-0.15, -0.1) is 0 Å². The van der Waals surface area contributed by atoms with Gasteiger partial charge in [-0.2, -0.15) is 4.31 Å². The first-order chi connectivity index (χ1) is 17.3. The van der Waals surface area contributed by atoms with E-state index >= 15 is 0 Å². The lowest BCUT2D eigenvalue weighted by molar-refractivity contribution is 0.0984. The number of fused-ring (bicyclic) bond motifs is 1. The summed E-state index contributed by atoms with van der Waals surface area (Å²) in [5, 5.41) is 1.11. The van der Waals surface area contributed by atoms with Gasteiger partial charge < -0.3 is 0 Å². The van der Waals surface area contributed by atoms with E-state index in [1.165, 1.54) is 27.8 Å². The van der Waals surface area contributed by atoms with Crippen LogP contribution in [0, 0.1) is 5.92 Å². The largest absolute Gasteiger partial charge is 0.278 e. The Hall–Kier alpha value is -2.85. The number of anilines is 1. The molecule has 5 rings (SSSR count). The fourth-order valence-corrected chi connectivity index (χ4v) is 7.16. The highest BCUT2D eigenvalue weighted by Crippen LogP contribution is 2.32. The number of thiazole rings is 1. The third-order valence-corrected chi connectivity index (χ3v) is 9.38. The number of rotatable bonds is 6. The smallest absolute Gasteiger partial charge is 0.260 e. The molecule has 0 saturated carbocycles. The van der Waals surface area contributed by atoms with E-state index in [0.29, 0.717) is 40.4 Å². The Balaban J connectivity index is 1.46. The van der Waals surface area contributed by atoms with Gasteiger partial charge >= 0.3 is 0 Å². The van der Waals surface area contributed by atoms with Crippen molar-refractivity contribution in [1.82, 2.24) is 14.3 Å². The Kier molecular flexibility index (Phi) is 7.07. The minimum absolute atomic E-state index is 0.194. The number of carbonyl (C=O) groups is 1. The Morgan fingerprint density at radius 1 is 1.17 bits per heavy atom. The summed E-state index contributed by atoms with van der Waals surface area (Å²) in [7, 11) is -3.60. The van der Waals surface area contributed by atoms with Crippen LogP contribution in [0.2, 0.25) is 5.02 Å². The van der Waals surface area contributed by atoms with Crippen molar-refractivity contribution < 1.29 is 13.2 Å². The predicted molar refractivity (Wildman–Crippen MR) is 143 cm³/mol. The first-order valence-electron chi connectivity index (χ1n) is 11.7. The van der Waals surface area contributed by atoms with E-state index in [4.69, 9.17) is 11.6 Å². The van der Waals surface area contributed by atoms with Gasteiger partial charge in [0.25, 0.3) is 5.91 Å². The van der Waals surface area contributed by atoms with Crippen LogP contribution >= 0.6 is 22.9 Å². The van der Waals surface area contributed by atoms with Crippen molar-refractivity contribution in [2.24, 2.45) is 5.92 Å². The van der Waals surface area contributed by atoms with Gasteiger partial charge in [0.2, 0.25) is 10.0 Å². The molecule has 1 fully saturated rings. The summed E-state index contributed by atoms with van der Waals surface area (Å²) in [6, 6.07) is 17.1. The number of amides is 1. The number of sulfonamides is 1. The molecule has 4 aromatic rings. The van der Waals surface area contributed by atoms with Crippen molar-refractivity contribution in [1.29, 1.82) is 0 Å². The lowest BCUT2D eigenvalue weighted by Gasteiger charge is -2.30. The molecule has 10 heteroatoms. The second-order valence-electron chi connectivity index (χ2n) is 8.96. The van der Waals surface area contributed by atoms with Crippen LogP contribution in [0.3, 0.4) is 0 Å². The number of piperidine rings is 1. The Morgan fingerprint density at radius 2 is 1.97 bits per heavy atom. The zero-order valence-electron chi connectivity index (χ0n) is 19.7. The number of aromatic nitrogens is 2. The first kappa shape index (κ1) is 24.8. The number of halogens is 1. The topological polar surface area (TPSA) is 83.5 Å². The number of hydrogen-bond donors (Lipinski definition) is 0. The Morgan fingerprint density at radius 3 is 2.69 bits per heavy atom. The van der Waals surface area contributed by atoms with Crippen LogP contribution in [0.15, 0.2) is 71.8 Å². The van der Waals surface area contributed by atoms with Crippen molar-refractivity contribution in [2.75, 3.05) is 18.0 Å². The van der Waals surface area contributed by atoms with Gasteiger partial charge in [-0.25, -0.2) is 13.4 Å². The minimum Gasteiger partial charge on any atom is -0.278 e. The van der Waals surface area contributed by atoms with E-state index in [9.17, 15) is 13.2 Å². The van der Waals surface area contributed by atoms with Crippen molar-refractivity contribution in [3.05, 3.63) is 83.1 Å². The summed E-state index contributed by atoms with van der Waals surface area (Å²) >= 11 is 7.51. The molecule has 1 aliphatic heterocycles. The average molecular weight is 541 g/mol. The Bertz CT molecular complexity index is 1490. The van der Waals surface area contributed by atoms with Crippen LogP contribution in [0.4, 0.5) is 5.13 Å². The quantitative estimate of drug-likeness (QED) is 0.317. The lowest BCUT2D eigenvalue weighted by atomic mass is 10.0. The zero-order valence-corrected chi connectivity index (χ0v) is 22.1. The van der Waals surface area contributed by atoms with Gasteiger partial charge in [0.05, 0.1) is 27.4 Å². The monoisotopic (exact) mass is 540 g/mol. The highest BCUT2D eigenvalue weighted by Gasteiger charge is 2.29. The molecule has 1 aliphatic rings. The van der Waals surface area contributed by atoms with Crippen LogP contribution in [0.1, 0.15) is 35.8 Å². The van der Waals surface area contributed by atoms with Gasteiger partial charge in [0.1, 0.15) is 0 Å². The standard InChI is InChI=1S/C26H25ClN4O3S2/c1-18-5-4-14-30(16-18)36(33,34)22-10-7-19(8-11-22)25(32)31(17-21-6-2-3-13-28-21)26-29-23-12-9-20(27)15-24(23)35-26/h2-3,6-13,15,18H,4-5,14,16-17H2,1H3. The average Bonchev–Trinajstić information content (AvgIpc) is 3.30. The Labute approximate surface area is 219 Å². The summed E-state index contributed by atoms with van der Waals surface area (Å²) < 4.78 is 28.7. The molecule has 3 heterocycles. The molecular formula is C26H25ClN4O3S2. The van der Waals surface area contributed by atoms with Crippen LogP contribution in [-0.4, -0.2) is 41.7 Å². The molecule has 0 spiro atoms. The molecule has 0 N–H and O–H groups in total. The fraction of sp³-hybridized carbons (Fsp3) is 0.269. The van der Waals surface area contributed by atoms with Gasteiger partial charge in [-0.3, -0.25) is 14.7 Å². The zero-order chi connectivity index (χ0) is 25.3. The second kappa shape index (κ2) is 10.3. The molecular weight excluding hydrogens is 516 g/mol. The van der Waals surface area contributed by atoms with E-state index < -0.39 is 10.0 Å². The molecule has 7 nitrogen and oxygen atoms in total. The minimum atomic E-state index is -3.60. The summed E-state index contributed by atoms with van der Waals surface area (Å²) in [6.45, 7) is 3.32. The summed E-state index contributed by atoms with van der Waals surface area (Å²) in [4.78, 5) is 24.5. The third-order valence-electron chi connectivity index (χ3n) is 6.22. The molecule has 1 unspecified atom stereocenters. The van der Waals surface area contributed by atoms with Crippen molar-refractivity contribution in [3.8, 4) is 0 Å². The molecule has 1 amide bonds. The normalized spacial score (nSPS) is 16.8. The number of hydrogen-bond acceptors (Lipinski definition) is 6. The lowest BCUT2D eigenvalue weighted by Crippen LogP contribution is -2.39. The molecule has 1 saturated heterocycles. The van der Waals surface area contributed by atoms with Crippen molar-refractivity contribution >= 4 is 54.2 Å². The molecule has 2 aromatic carbocycles. The summed E-state index contributed by atoms with van der Waals surface area (Å²) in [5.41, 5.74) is 1.83. The molecule has 0 aliphatic carbocycles. The predicted octanol–water partition coefficient (Wildman–Crippen LogP) is 5.61. The van der Waals surface area contributed by atoms with Gasteiger partial charge in [0, 0.05) is 29.9 Å². The van der Waals surface area contributed by atoms with E-state index in [0.717, 1.165) is 23.1 Å². The highest BCUT2D eigenvalue weighted by molar-refractivity contribution is 7.89. The molecule has 186 valence electrons.